The molecule has 23 heavy (non-hydrogen) atoms. The van der Waals surface area contributed by atoms with E-state index in [4.69, 9.17) is 9.47 Å². The summed E-state index contributed by atoms with van der Waals surface area (Å²) >= 11 is 0. The first-order valence-electron chi connectivity index (χ1n) is 8.48. The van der Waals surface area contributed by atoms with Gasteiger partial charge in [0.05, 0.1) is 13.2 Å². The maximum Gasteiger partial charge on any atom is 0.244 e. The Labute approximate surface area is 139 Å². The number of benzene rings is 1. The Morgan fingerprint density at radius 3 is 2.30 bits per heavy atom. The molecule has 0 saturated heterocycles. The number of ether oxygens (including phenoxy) is 2. The highest BCUT2D eigenvalue weighted by atomic mass is 32.2. The molecule has 0 unspecified atom stereocenters. The number of hydrogen-bond donors (Lipinski definition) is 1. The number of hydrogen-bond acceptors (Lipinski definition) is 4. The second-order valence-electron chi connectivity index (χ2n) is 5.78. The van der Waals surface area contributed by atoms with Crippen LogP contribution in [0.4, 0.5) is 0 Å². The monoisotopic (exact) mass is 341 g/mol. The Balaban J connectivity index is 2.26. The van der Waals surface area contributed by atoms with Crippen LogP contribution < -0.4 is 14.2 Å². The third kappa shape index (κ3) is 5.11. The lowest BCUT2D eigenvalue weighted by atomic mass is 10.1. The van der Waals surface area contributed by atoms with Crippen molar-refractivity contribution in [2.75, 3.05) is 13.2 Å². The molecule has 1 N–H and O–H groups in total. The first-order valence-corrected chi connectivity index (χ1v) is 9.97. The lowest BCUT2D eigenvalue weighted by molar-refractivity contribution is 0.322. The van der Waals surface area contributed by atoms with Crippen molar-refractivity contribution in [3.63, 3.8) is 0 Å². The zero-order valence-electron chi connectivity index (χ0n) is 14.0. The Bertz CT molecular complexity index is 593. The van der Waals surface area contributed by atoms with Crippen molar-refractivity contribution in [3.8, 4) is 11.5 Å². The molecule has 1 aromatic carbocycles. The molecule has 0 amide bonds. The second-order valence-corrected chi connectivity index (χ2v) is 7.47. The molecule has 6 heteroatoms. The maximum atomic E-state index is 12.8. The molecule has 130 valence electrons. The van der Waals surface area contributed by atoms with Gasteiger partial charge in [-0.15, -0.1) is 0 Å². The van der Waals surface area contributed by atoms with Gasteiger partial charge in [0, 0.05) is 12.1 Å². The average molecular weight is 341 g/mol. The molecule has 1 aliphatic rings. The summed E-state index contributed by atoms with van der Waals surface area (Å²) in [5.74, 6) is 0.911. The minimum absolute atomic E-state index is 0.00715. The highest BCUT2D eigenvalue weighted by molar-refractivity contribution is 7.89. The highest BCUT2D eigenvalue weighted by Gasteiger charge is 2.25. The summed E-state index contributed by atoms with van der Waals surface area (Å²) in [6.45, 7) is 4.61. The number of sulfonamides is 1. The SMILES string of the molecule is CCOc1ccc(OCC)c(S(=O)(=O)NC2CCCCCC2)c1. The van der Waals surface area contributed by atoms with Gasteiger partial charge < -0.3 is 9.47 Å². The minimum atomic E-state index is -3.62. The Morgan fingerprint density at radius 1 is 1.04 bits per heavy atom. The molecule has 1 saturated carbocycles. The third-order valence-corrected chi connectivity index (χ3v) is 5.53. The van der Waals surface area contributed by atoms with E-state index < -0.39 is 10.0 Å². The predicted molar refractivity (Wildman–Crippen MR) is 90.6 cm³/mol. The van der Waals surface area contributed by atoms with E-state index in [1.807, 2.05) is 13.8 Å². The topological polar surface area (TPSA) is 64.6 Å². The van der Waals surface area contributed by atoms with Crippen molar-refractivity contribution in [1.82, 2.24) is 4.72 Å². The Morgan fingerprint density at radius 2 is 1.70 bits per heavy atom. The molecule has 0 spiro atoms. The summed E-state index contributed by atoms with van der Waals surface area (Å²) in [7, 11) is -3.62. The van der Waals surface area contributed by atoms with Crippen LogP contribution in [-0.2, 0) is 10.0 Å². The fraction of sp³-hybridized carbons (Fsp3) is 0.647. The van der Waals surface area contributed by atoms with Crippen molar-refractivity contribution in [2.24, 2.45) is 0 Å². The zero-order valence-corrected chi connectivity index (χ0v) is 14.8. The first kappa shape index (κ1) is 18.1. The van der Waals surface area contributed by atoms with Crippen LogP contribution in [0.2, 0.25) is 0 Å². The molecule has 1 fully saturated rings. The van der Waals surface area contributed by atoms with Gasteiger partial charge in [-0.1, -0.05) is 25.7 Å². The van der Waals surface area contributed by atoms with Crippen LogP contribution >= 0.6 is 0 Å². The summed E-state index contributed by atoms with van der Waals surface area (Å²) in [5, 5.41) is 0. The smallest absolute Gasteiger partial charge is 0.244 e. The normalized spacial score (nSPS) is 16.8. The van der Waals surface area contributed by atoms with Gasteiger partial charge >= 0.3 is 0 Å². The maximum absolute atomic E-state index is 12.8. The number of nitrogens with one attached hydrogen (secondary N) is 1. The summed E-state index contributed by atoms with van der Waals surface area (Å²) in [6.07, 6.45) is 6.31. The first-order chi connectivity index (χ1) is 11.1. The van der Waals surface area contributed by atoms with Gasteiger partial charge in [-0.3, -0.25) is 0 Å². The van der Waals surface area contributed by atoms with E-state index in [2.05, 4.69) is 4.72 Å². The molecule has 0 aliphatic heterocycles. The molecule has 0 bridgehead atoms. The van der Waals surface area contributed by atoms with E-state index in [-0.39, 0.29) is 10.9 Å². The third-order valence-electron chi connectivity index (χ3n) is 3.99. The van der Waals surface area contributed by atoms with E-state index in [9.17, 15) is 8.42 Å². The van der Waals surface area contributed by atoms with Gasteiger partial charge in [0.2, 0.25) is 10.0 Å². The van der Waals surface area contributed by atoms with E-state index in [0.29, 0.717) is 24.7 Å². The van der Waals surface area contributed by atoms with Gasteiger partial charge in [-0.2, -0.15) is 0 Å². The second kappa shape index (κ2) is 8.55. The van der Waals surface area contributed by atoms with Gasteiger partial charge in [0.15, 0.2) is 0 Å². The van der Waals surface area contributed by atoms with Gasteiger partial charge in [0.25, 0.3) is 0 Å². The van der Waals surface area contributed by atoms with Crippen LogP contribution in [0.1, 0.15) is 52.4 Å². The van der Waals surface area contributed by atoms with Crippen LogP contribution in [0.25, 0.3) is 0 Å². The van der Waals surface area contributed by atoms with Gasteiger partial charge in [-0.25, -0.2) is 13.1 Å². The Hall–Kier alpha value is -1.27. The summed E-state index contributed by atoms with van der Waals surface area (Å²) in [4.78, 5) is 0.162. The average Bonchev–Trinajstić information content (AvgIpc) is 2.77. The van der Waals surface area contributed by atoms with Crippen molar-refractivity contribution in [3.05, 3.63) is 18.2 Å². The molecule has 1 aliphatic carbocycles. The molecule has 0 radical (unpaired) electrons. The summed E-state index contributed by atoms with van der Waals surface area (Å²) in [5.41, 5.74) is 0. The van der Waals surface area contributed by atoms with Crippen LogP contribution in [0.3, 0.4) is 0 Å². The molecule has 0 atom stereocenters. The molecule has 1 aromatic rings. The molecule has 0 heterocycles. The largest absolute Gasteiger partial charge is 0.494 e. The molecular weight excluding hydrogens is 314 g/mol. The fourth-order valence-electron chi connectivity index (χ4n) is 2.91. The van der Waals surface area contributed by atoms with Gasteiger partial charge in [-0.05, 0) is 38.8 Å². The standard InChI is InChI=1S/C17H27NO4S/c1-3-21-15-11-12-16(22-4-2)17(13-15)23(19,20)18-14-9-7-5-6-8-10-14/h11-14,18H,3-10H2,1-2H3. The Kier molecular flexibility index (Phi) is 6.72. The van der Waals surface area contributed by atoms with Crippen LogP contribution in [0, 0.1) is 0 Å². The lowest BCUT2D eigenvalue weighted by Gasteiger charge is -2.18. The van der Waals surface area contributed by atoms with Crippen LogP contribution in [0.5, 0.6) is 11.5 Å². The fourth-order valence-corrected chi connectivity index (χ4v) is 4.37. The predicted octanol–water partition coefficient (Wildman–Crippen LogP) is 3.49. The zero-order chi connectivity index (χ0) is 16.7. The van der Waals surface area contributed by atoms with E-state index in [1.165, 1.54) is 12.8 Å². The highest BCUT2D eigenvalue weighted by Crippen LogP contribution is 2.29. The van der Waals surface area contributed by atoms with E-state index in [0.717, 1.165) is 25.7 Å². The van der Waals surface area contributed by atoms with Crippen molar-refractivity contribution in [1.29, 1.82) is 0 Å². The van der Waals surface area contributed by atoms with Crippen molar-refractivity contribution in [2.45, 2.75) is 63.3 Å². The minimum Gasteiger partial charge on any atom is -0.494 e. The molecule has 0 aromatic heterocycles. The van der Waals surface area contributed by atoms with E-state index in [1.54, 1.807) is 18.2 Å². The molecular formula is C17H27NO4S. The lowest BCUT2D eigenvalue weighted by Crippen LogP contribution is -2.34. The summed E-state index contributed by atoms with van der Waals surface area (Å²) < 4.78 is 39.4. The van der Waals surface area contributed by atoms with Crippen molar-refractivity contribution >= 4 is 10.0 Å². The van der Waals surface area contributed by atoms with Crippen LogP contribution in [-0.4, -0.2) is 27.7 Å². The molecule has 2 rings (SSSR count). The summed E-state index contributed by atoms with van der Waals surface area (Å²) in [6, 6.07) is 4.95. The van der Waals surface area contributed by atoms with Crippen molar-refractivity contribution < 1.29 is 17.9 Å². The number of rotatable bonds is 7. The van der Waals surface area contributed by atoms with Crippen LogP contribution in [0.15, 0.2) is 23.1 Å². The molecule has 5 nitrogen and oxygen atoms in total. The van der Waals surface area contributed by atoms with Gasteiger partial charge in [0.1, 0.15) is 16.4 Å². The van der Waals surface area contributed by atoms with E-state index >= 15 is 0 Å². The quantitative estimate of drug-likeness (QED) is 0.771.